The van der Waals surface area contributed by atoms with Crippen molar-refractivity contribution in [2.24, 2.45) is 0 Å². The summed E-state index contributed by atoms with van der Waals surface area (Å²) in [5, 5.41) is 29.6. The normalized spacial score (nSPS) is 11.0. The number of carbonyl (C=O) groups excluding carboxylic acids is 1. The predicted molar refractivity (Wildman–Crippen MR) is 125 cm³/mol. The van der Waals surface area contributed by atoms with Gasteiger partial charge in [-0.05, 0) is 37.1 Å². The molecule has 2 rings (SSSR count). The molecule has 8 heteroatoms. The van der Waals surface area contributed by atoms with Crippen LogP contribution in [0.15, 0.2) is 30.3 Å². The third-order valence-electron chi connectivity index (χ3n) is 5.73. The van der Waals surface area contributed by atoms with Crippen LogP contribution in [0.25, 0.3) is 11.3 Å². The summed E-state index contributed by atoms with van der Waals surface area (Å²) < 4.78 is 2.10. The summed E-state index contributed by atoms with van der Waals surface area (Å²) in [5.41, 5.74) is 3.00. The van der Waals surface area contributed by atoms with Crippen molar-refractivity contribution in [2.45, 2.75) is 58.9 Å². The topological polar surface area (TPSA) is 109 Å². The minimum absolute atomic E-state index is 0.0212. The first-order valence-corrected chi connectivity index (χ1v) is 11.4. The fraction of sp³-hybridized carbons (Fsp3) is 0.542. The monoisotopic (exact) mass is 445 g/mol. The molecule has 2 aromatic rings. The molecule has 8 nitrogen and oxygen atoms in total. The van der Waals surface area contributed by atoms with Gasteiger partial charge in [0.15, 0.2) is 0 Å². The van der Waals surface area contributed by atoms with Gasteiger partial charge in [0, 0.05) is 43.2 Å². The lowest BCUT2D eigenvalue weighted by molar-refractivity contribution is -0.384. The van der Waals surface area contributed by atoms with Gasteiger partial charge in [-0.15, -0.1) is 0 Å². The first-order chi connectivity index (χ1) is 15.4. The summed E-state index contributed by atoms with van der Waals surface area (Å²) in [5.74, 6) is -0.240. The van der Waals surface area contributed by atoms with Crippen molar-refractivity contribution in [2.75, 3.05) is 26.3 Å². The van der Waals surface area contributed by atoms with Gasteiger partial charge in [-0.25, -0.2) is 0 Å². The van der Waals surface area contributed by atoms with Crippen LogP contribution in [-0.4, -0.2) is 56.8 Å². The van der Waals surface area contributed by atoms with Crippen LogP contribution in [0.1, 0.15) is 61.5 Å². The Bertz CT molecular complexity index is 871. The standard InChI is InChI=1S/C24H35N3O5/c1-3-4-5-6-7-8-13-26-19(2)22(24(30)25(14-16-28)15-17-29)18-23(26)20-9-11-21(12-10-20)27(31)32/h9-12,18,28-29H,3-8,13-17H2,1-2H3. The number of aliphatic hydroxyl groups is 2. The molecular formula is C24H35N3O5. The molecule has 1 amide bonds. The Kier molecular flexibility index (Phi) is 10.4. The largest absolute Gasteiger partial charge is 0.395 e. The Morgan fingerprint density at radius 1 is 1.03 bits per heavy atom. The minimum Gasteiger partial charge on any atom is -0.395 e. The van der Waals surface area contributed by atoms with Crippen LogP contribution >= 0.6 is 0 Å². The highest BCUT2D eigenvalue weighted by Gasteiger charge is 2.23. The summed E-state index contributed by atoms with van der Waals surface area (Å²) in [6.07, 6.45) is 6.90. The number of amides is 1. The molecule has 0 unspecified atom stereocenters. The molecule has 0 fully saturated rings. The molecule has 0 aliphatic rings. The van der Waals surface area contributed by atoms with Crippen LogP contribution < -0.4 is 0 Å². The highest BCUT2D eigenvalue weighted by atomic mass is 16.6. The molecule has 0 aliphatic heterocycles. The van der Waals surface area contributed by atoms with Gasteiger partial charge < -0.3 is 19.7 Å². The van der Waals surface area contributed by atoms with Crippen molar-refractivity contribution in [1.82, 2.24) is 9.47 Å². The van der Waals surface area contributed by atoms with Crippen LogP contribution in [0.4, 0.5) is 5.69 Å². The Morgan fingerprint density at radius 3 is 2.19 bits per heavy atom. The van der Waals surface area contributed by atoms with E-state index in [4.69, 9.17) is 0 Å². The lowest BCUT2D eigenvalue weighted by atomic mass is 10.1. The van der Waals surface area contributed by atoms with E-state index in [1.807, 2.05) is 13.0 Å². The van der Waals surface area contributed by atoms with E-state index >= 15 is 0 Å². The van der Waals surface area contributed by atoms with E-state index in [-0.39, 0.29) is 37.9 Å². The summed E-state index contributed by atoms with van der Waals surface area (Å²) in [6, 6.07) is 8.17. The number of unbranched alkanes of at least 4 members (excludes halogenated alkanes) is 5. The molecule has 0 atom stereocenters. The third kappa shape index (κ3) is 6.64. The minimum atomic E-state index is -0.430. The molecule has 0 bridgehead atoms. The Balaban J connectivity index is 2.35. The van der Waals surface area contributed by atoms with Gasteiger partial charge in [-0.1, -0.05) is 39.0 Å². The number of benzene rings is 1. The highest BCUT2D eigenvalue weighted by molar-refractivity contribution is 5.97. The summed E-state index contributed by atoms with van der Waals surface area (Å²) in [7, 11) is 0. The van der Waals surface area contributed by atoms with Gasteiger partial charge in [0.2, 0.25) is 0 Å². The smallest absolute Gasteiger partial charge is 0.269 e. The van der Waals surface area contributed by atoms with Crippen LogP contribution in [0.2, 0.25) is 0 Å². The Labute approximate surface area is 189 Å². The van der Waals surface area contributed by atoms with Crippen LogP contribution in [-0.2, 0) is 6.54 Å². The first kappa shape index (κ1) is 25.5. The maximum Gasteiger partial charge on any atom is 0.269 e. The molecule has 0 saturated carbocycles. The van der Waals surface area contributed by atoms with Gasteiger partial charge in [0.25, 0.3) is 11.6 Å². The fourth-order valence-electron chi connectivity index (χ4n) is 3.92. The maximum atomic E-state index is 13.1. The molecule has 0 spiro atoms. The van der Waals surface area contributed by atoms with Crippen LogP contribution in [0.3, 0.4) is 0 Å². The lowest BCUT2D eigenvalue weighted by Crippen LogP contribution is -2.36. The zero-order valence-electron chi connectivity index (χ0n) is 19.1. The molecule has 0 aliphatic carbocycles. The quantitative estimate of drug-likeness (QED) is 0.258. The van der Waals surface area contributed by atoms with Gasteiger partial charge in [0.1, 0.15) is 0 Å². The number of nitrogens with zero attached hydrogens (tertiary/aromatic N) is 3. The number of hydrogen-bond donors (Lipinski definition) is 2. The van der Waals surface area contributed by atoms with Crippen molar-refractivity contribution in [3.63, 3.8) is 0 Å². The zero-order valence-corrected chi connectivity index (χ0v) is 19.1. The second-order valence-corrected chi connectivity index (χ2v) is 7.99. The zero-order chi connectivity index (χ0) is 23.5. The number of aromatic nitrogens is 1. The molecule has 32 heavy (non-hydrogen) atoms. The van der Waals surface area contributed by atoms with E-state index in [0.29, 0.717) is 5.56 Å². The molecule has 0 saturated heterocycles. The second kappa shape index (κ2) is 13.0. The van der Waals surface area contributed by atoms with E-state index in [9.17, 15) is 25.1 Å². The molecule has 0 radical (unpaired) electrons. The third-order valence-corrected chi connectivity index (χ3v) is 5.73. The molecule has 176 valence electrons. The van der Waals surface area contributed by atoms with Gasteiger partial charge in [-0.2, -0.15) is 0 Å². The van der Waals surface area contributed by atoms with Crippen LogP contribution in [0, 0.1) is 17.0 Å². The Hall–Kier alpha value is -2.71. The van der Waals surface area contributed by atoms with Crippen molar-refractivity contribution >= 4 is 11.6 Å². The van der Waals surface area contributed by atoms with Crippen LogP contribution in [0.5, 0.6) is 0 Å². The average molecular weight is 446 g/mol. The van der Waals surface area contributed by atoms with Crippen molar-refractivity contribution in [3.05, 3.63) is 51.7 Å². The number of hydrogen-bond acceptors (Lipinski definition) is 5. The predicted octanol–water partition coefficient (Wildman–Crippen LogP) is 4.16. The van der Waals surface area contributed by atoms with E-state index in [1.165, 1.54) is 42.7 Å². The maximum absolute atomic E-state index is 13.1. The molecular weight excluding hydrogens is 410 g/mol. The summed E-state index contributed by atoms with van der Waals surface area (Å²) in [6.45, 7) is 4.77. The van der Waals surface area contributed by atoms with Gasteiger partial charge >= 0.3 is 0 Å². The van der Waals surface area contributed by atoms with Crippen molar-refractivity contribution in [1.29, 1.82) is 0 Å². The molecule has 1 aromatic carbocycles. The number of carbonyl (C=O) groups is 1. The van der Waals surface area contributed by atoms with E-state index in [0.717, 1.165) is 36.3 Å². The fourth-order valence-corrected chi connectivity index (χ4v) is 3.92. The summed E-state index contributed by atoms with van der Waals surface area (Å²) in [4.78, 5) is 25.2. The lowest BCUT2D eigenvalue weighted by Gasteiger charge is -2.20. The average Bonchev–Trinajstić information content (AvgIpc) is 3.11. The molecule has 2 N–H and O–H groups in total. The number of aliphatic hydroxyl groups excluding tert-OH is 2. The summed E-state index contributed by atoms with van der Waals surface area (Å²) >= 11 is 0. The van der Waals surface area contributed by atoms with Gasteiger partial charge in [0.05, 0.1) is 23.7 Å². The highest BCUT2D eigenvalue weighted by Crippen LogP contribution is 2.29. The van der Waals surface area contributed by atoms with Gasteiger partial charge in [-0.3, -0.25) is 14.9 Å². The van der Waals surface area contributed by atoms with E-state index in [1.54, 1.807) is 12.1 Å². The van der Waals surface area contributed by atoms with Crippen molar-refractivity contribution < 1.29 is 19.9 Å². The number of nitro groups is 1. The number of non-ortho nitro benzene ring substituents is 1. The first-order valence-electron chi connectivity index (χ1n) is 11.4. The second-order valence-electron chi connectivity index (χ2n) is 7.99. The Morgan fingerprint density at radius 2 is 1.62 bits per heavy atom. The number of nitro benzene ring substituents is 1. The molecule has 1 heterocycles. The molecule has 1 aromatic heterocycles. The SMILES string of the molecule is CCCCCCCCn1c(-c2ccc([N+](=O)[O-])cc2)cc(C(=O)N(CCO)CCO)c1C. The van der Waals surface area contributed by atoms with E-state index in [2.05, 4.69) is 11.5 Å². The van der Waals surface area contributed by atoms with Crippen molar-refractivity contribution in [3.8, 4) is 11.3 Å². The number of rotatable bonds is 14. The van der Waals surface area contributed by atoms with E-state index < -0.39 is 4.92 Å².